The van der Waals surface area contributed by atoms with Crippen LogP contribution in [-0.4, -0.2) is 9.97 Å². The monoisotopic (exact) mass is 253 g/mol. The van der Waals surface area contributed by atoms with Gasteiger partial charge in [0.1, 0.15) is 11.6 Å². The summed E-state index contributed by atoms with van der Waals surface area (Å²) in [5.74, 6) is 1.78. The van der Waals surface area contributed by atoms with Crippen molar-refractivity contribution in [2.24, 2.45) is 0 Å². The Kier molecular flexibility index (Phi) is 3.20. The molecule has 0 bridgehead atoms. The number of hydrogen-bond donors (Lipinski definition) is 1. The molecular weight excluding hydrogens is 234 g/mol. The minimum absolute atomic E-state index is 0.304. The van der Waals surface area contributed by atoms with Crippen molar-refractivity contribution in [2.75, 3.05) is 5.73 Å². The van der Waals surface area contributed by atoms with Crippen molar-refractivity contribution >= 4 is 5.82 Å². The van der Waals surface area contributed by atoms with Gasteiger partial charge >= 0.3 is 0 Å². The van der Waals surface area contributed by atoms with Gasteiger partial charge in [-0.3, -0.25) is 0 Å². The molecule has 1 heterocycles. The van der Waals surface area contributed by atoms with Crippen molar-refractivity contribution in [3.8, 4) is 0 Å². The Morgan fingerprint density at radius 1 is 1.26 bits per heavy atom. The molecule has 0 amide bonds. The second-order valence-corrected chi connectivity index (χ2v) is 5.14. The number of benzene rings is 1. The number of aryl methyl sites for hydroxylation is 2. The van der Waals surface area contributed by atoms with Crippen molar-refractivity contribution in [1.29, 1.82) is 0 Å². The first-order valence-corrected chi connectivity index (χ1v) is 6.99. The van der Waals surface area contributed by atoms with E-state index in [1.165, 1.54) is 17.5 Å². The fourth-order valence-electron chi connectivity index (χ4n) is 2.90. The fraction of sp³-hybridized carbons (Fsp3) is 0.375. The Hall–Kier alpha value is -1.90. The molecule has 2 N–H and O–H groups in total. The molecule has 2 aromatic rings. The van der Waals surface area contributed by atoms with Crippen molar-refractivity contribution in [1.82, 2.24) is 9.97 Å². The van der Waals surface area contributed by atoms with Crippen molar-refractivity contribution in [3.05, 3.63) is 53.0 Å². The van der Waals surface area contributed by atoms with Crippen LogP contribution in [0.1, 0.15) is 48.3 Å². The summed E-state index contributed by atoms with van der Waals surface area (Å²) in [4.78, 5) is 9.15. The number of aromatic nitrogens is 2. The average molecular weight is 253 g/mol. The number of nitrogens with zero attached hydrogens (tertiary/aromatic N) is 2. The topological polar surface area (TPSA) is 51.8 Å². The number of anilines is 1. The van der Waals surface area contributed by atoms with Crippen LogP contribution in [0.15, 0.2) is 30.3 Å². The van der Waals surface area contributed by atoms with Gasteiger partial charge in [0.15, 0.2) is 0 Å². The van der Waals surface area contributed by atoms with E-state index < -0.39 is 0 Å². The number of hydrogen-bond acceptors (Lipinski definition) is 3. The lowest BCUT2D eigenvalue weighted by Crippen LogP contribution is -2.15. The van der Waals surface area contributed by atoms with Crippen LogP contribution in [0.3, 0.4) is 0 Å². The minimum atomic E-state index is 0.304. The van der Waals surface area contributed by atoms with Gasteiger partial charge < -0.3 is 5.73 Å². The van der Waals surface area contributed by atoms with E-state index in [0.29, 0.717) is 11.7 Å². The summed E-state index contributed by atoms with van der Waals surface area (Å²) in [7, 11) is 0. The average Bonchev–Trinajstić information content (AvgIpc) is 2.46. The lowest BCUT2D eigenvalue weighted by atomic mass is 9.82. The zero-order chi connectivity index (χ0) is 13.2. The summed E-state index contributed by atoms with van der Waals surface area (Å²) in [6.07, 6.45) is 4.37. The Bertz CT molecular complexity index is 592. The number of rotatable bonds is 2. The summed E-state index contributed by atoms with van der Waals surface area (Å²) in [6, 6.07) is 10.5. The molecule has 0 spiro atoms. The maximum atomic E-state index is 5.91. The Labute approximate surface area is 113 Å². The molecule has 3 heteroatoms. The van der Waals surface area contributed by atoms with E-state index in [4.69, 9.17) is 5.73 Å². The highest BCUT2D eigenvalue weighted by Crippen LogP contribution is 2.35. The third-order valence-corrected chi connectivity index (χ3v) is 3.86. The molecule has 98 valence electrons. The molecule has 1 atom stereocenters. The maximum Gasteiger partial charge on any atom is 0.138 e. The van der Waals surface area contributed by atoms with Crippen molar-refractivity contribution in [2.45, 2.75) is 38.5 Å². The molecule has 0 saturated heterocycles. The minimum Gasteiger partial charge on any atom is -0.384 e. The van der Waals surface area contributed by atoms with Gasteiger partial charge in [-0.25, -0.2) is 9.97 Å². The van der Waals surface area contributed by atoms with E-state index in [1.807, 2.05) is 6.07 Å². The van der Waals surface area contributed by atoms with Crippen LogP contribution >= 0.6 is 0 Å². The highest BCUT2D eigenvalue weighted by molar-refractivity contribution is 5.38. The molecule has 0 radical (unpaired) electrons. The second-order valence-electron chi connectivity index (χ2n) is 5.14. The van der Waals surface area contributed by atoms with Crippen LogP contribution in [-0.2, 0) is 12.8 Å². The quantitative estimate of drug-likeness (QED) is 0.894. The molecular formula is C16H19N3. The van der Waals surface area contributed by atoms with Gasteiger partial charge in [0, 0.05) is 17.7 Å². The van der Waals surface area contributed by atoms with E-state index in [0.717, 1.165) is 30.8 Å². The third-order valence-electron chi connectivity index (χ3n) is 3.86. The lowest BCUT2D eigenvalue weighted by molar-refractivity contribution is 0.588. The molecule has 3 nitrogen and oxygen atoms in total. The molecule has 0 aliphatic heterocycles. The number of nitrogens with two attached hydrogens (primary N) is 1. The van der Waals surface area contributed by atoms with Crippen LogP contribution in [0.5, 0.6) is 0 Å². The lowest BCUT2D eigenvalue weighted by Gasteiger charge is -2.24. The van der Waals surface area contributed by atoms with E-state index in [9.17, 15) is 0 Å². The van der Waals surface area contributed by atoms with Crippen LogP contribution in [0.25, 0.3) is 0 Å². The molecule has 1 aliphatic carbocycles. The molecule has 1 unspecified atom stereocenters. The summed E-state index contributed by atoms with van der Waals surface area (Å²) in [5.41, 5.74) is 9.75. The number of nitrogen functional groups attached to an aromatic ring is 1. The molecule has 0 fully saturated rings. The largest absolute Gasteiger partial charge is 0.384 e. The molecule has 1 aliphatic rings. The van der Waals surface area contributed by atoms with Crippen LogP contribution in [0, 0.1) is 0 Å². The third kappa shape index (κ3) is 2.33. The zero-order valence-corrected chi connectivity index (χ0v) is 11.3. The van der Waals surface area contributed by atoms with Gasteiger partial charge in [-0.15, -0.1) is 0 Å². The van der Waals surface area contributed by atoms with Gasteiger partial charge in [-0.1, -0.05) is 31.2 Å². The molecule has 3 rings (SSSR count). The SMILES string of the molecule is CCc1cc(N)nc(C2CCCc3ccccc32)n1. The summed E-state index contributed by atoms with van der Waals surface area (Å²) in [5, 5.41) is 0. The second kappa shape index (κ2) is 5.00. The first-order valence-electron chi connectivity index (χ1n) is 6.99. The van der Waals surface area contributed by atoms with E-state index >= 15 is 0 Å². The predicted octanol–water partition coefficient (Wildman–Crippen LogP) is 3.09. The summed E-state index contributed by atoms with van der Waals surface area (Å²) < 4.78 is 0. The molecule has 1 aromatic carbocycles. The number of fused-ring (bicyclic) bond motifs is 1. The van der Waals surface area contributed by atoms with E-state index in [1.54, 1.807) is 0 Å². The maximum absolute atomic E-state index is 5.91. The normalized spacial score (nSPS) is 18.1. The Morgan fingerprint density at radius 2 is 2.11 bits per heavy atom. The smallest absolute Gasteiger partial charge is 0.138 e. The predicted molar refractivity (Wildman–Crippen MR) is 77.0 cm³/mol. The molecule has 19 heavy (non-hydrogen) atoms. The zero-order valence-electron chi connectivity index (χ0n) is 11.3. The first kappa shape index (κ1) is 12.2. The van der Waals surface area contributed by atoms with Crippen LogP contribution in [0.4, 0.5) is 5.82 Å². The Morgan fingerprint density at radius 3 is 2.95 bits per heavy atom. The van der Waals surface area contributed by atoms with Gasteiger partial charge in [-0.2, -0.15) is 0 Å². The molecule has 1 aromatic heterocycles. The van der Waals surface area contributed by atoms with Gasteiger partial charge in [0.25, 0.3) is 0 Å². The highest BCUT2D eigenvalue weighted by Gasteiger charge is 2.24. The first-order chi connectivity index (χ1) is 9.28. The van der Waals surface area contributed by atoms with E-state index in [2.05, 4.69) is 41.2 Å². The summed E-state index contributed by atoms with van der Waals surface area (Å²) >= 11 is 0. The highest BCUT2D eigenvalue weighted by atomic mass is 15.0. The van der Waals surface area contributed by atoms with E-state index in [-0.39, 0.29) is 0 Å². The van der Waals surface area contributed by atoms with Gasteiger partial charge in [-0.05, 0) is 36.8 Å². The van der Waals surface area contributed by atoms with Crippen LogP contribution in [0.2, 0.25) is 0 Å². The fourth-order valence-corrected chi connectivity index (χ4v) is 2.90. The van der Waals surface area contributed by atoms with Crippen LogP contribution < -0.4 is 5.73 Å². The standard InChI is InChI=1S/C16H19N3/c1-2-12-10-15(17)19-16(18-12)14-9-5-7-11-6-3-4-8-13(11)14/h3-4,6,8,10,14H,2,5,7,9H2,1H3,(H2,17,18,19). The Balaban J connectivity index is 2.06. The van der Waals surface area contributed by atoms with Gasteiger partial charge in [0.05, 0.1) is 0 Å². The van der Waals surface area contributed by atoms with Gasteiger partial charge in [0.2, 0.25) is 0 Å². The molecule has 0 saturated carbocycles. The van der Waals surface area contributed by atoms with Crippen molar-refractivity contribution < 1.29 is 0 Å². The summed E-state index contributed by atoms with van der Waals surface area (Å²) in [6.45, 7) is 2.10. The van der Waals surface area contributed by atoms with Crippen molar-refractivity contribution in [3.63, 3.8) is 0 Å².